The molecule has 0 radical (unpaired) electrons. The van der Waals surface area contributed by atoms with Gasteiger partial charge in [-0.15, -0.1) is 0 Å². The summed E-state index contributed by atoms with van der Waals surface area (Å²) in [6.45, 7) is 5.10. The fraction of sp³-hybridized carbons (Fsp3) is 0.450. The maximum atomic E-state index is 12.3. The van der Waals surface area contributed by atoms with E-state index in [9.17, 15) is 14.4 Å². The third-order valence-electron chi connectivity index (χ3n) is 4.71. The minimum Gasteiger partial charge on any atom is -0.493 e. The second kappa shape index (κ2) is 7.82. The van der Waals surface area contributed by atoms with Crippen LogP contribution in [0.5, 0.6) is 5.75 Å². The zero-order valence-electron chi connectivity index (χ0n) is 15.7. The summed E-state index contributed by atoms with van der Waals surface area (Å²) in [6.07, 6.45) is 1.07. The molecule has 1 saturated heterocycles. The van der Waals surface area contributed by atoms with Crippen molar-refractivity contribution in [1.82, 2.24) is 4.90 Å². The highest BCUT2D eigenvalue weighted by atomic mass is 16.5. The van der Waals surface area contributed by atoms with Crippen LogP contribution in [-0.2, 0) is 9.53 Å². The number of hydrogen-bond acceptors (Lipinski definition) is 6. The van der Waals surface area contributed by atoms with Crippen molar-refractivity contribution in [2.45, 2.75) is 20.3 Å². The average Bonchev–Trinajstić information content (AvgIpc) is 2.64. The van der Waals surface area contributed by atoms with Gasteiger partial charge in [-0.2, -0.15) is 0 Å². The molecule has 0 spiro atoms. The van der Waals surface area contributed by atoms with Crippen molar-refractivity contribution in [3.05, 3.63) is 40.2 Å². The first-order chi connectivity index (χ1) is 12.9. The zero-order chi connectivity index (χ0) is 19.6. The summed E-state index contributed by atoms with van der Waals surface area (Å²) in [4.78, 5) is 38.5. The van der Waals surface area contributed by atoms with Crippen molar-refractivity contribution in [2.24, 2.45) is 11.8 Å². The smallest absolute Gasteiger partial charge is 0.351 e. The van der Waals surface area contributed by atoms with Crippen molar-refractivity contribution < 1.29 is 23.5 Å². The van der Waals surface area contributed by atoms with Crippen molar-refractivity contribution in [3.8, 4) is 5.75 Å². The number of amides is 1. The molecule has 2 aromatic rings. The molecule has 0 N–H and O–H groups in total. The van der Waals surface area contributed by atoms with Crippen LogP contribution >= 0.6 is 0 Å². The van der Waals surface area contributed by atoms with Crippen LogP contribution in [0.4, 0.5) is 0 Å². The van der Waals surface area contributed by atoms with Gasteiger partial charge in [0.25, 0.3) is 5.91 Å². The quantitative estimate of drug-likeness (QED) is 0.604. The third kappa shape index (κ3) is 4.13. The first-order valence-electron chi connectivity index (χ1n) is 8.94. The first-order valence-corrected chi connectivity index (χ1v) is 8.94. The lowest BCUT2D eigenvalue weighted by Gasteiger charge is -2.34. The second-order valence-corrected chi connectivity index (χ2v) is 7.15. The number of benzene rings is 1. The molecule has 27 heavy (non-hydrogen) atoms. The molecule has 2 unspecified atom stereocenters. The Labute approximate surface area is 156 Å². The summed E-state index contributed by atoms with van der Waals surface area (Å²) >= 11 is 0. The van der Waals surface area contributed by atoms with Gasteiger partial charge < -0.3 is 18.8 Å². The molecule has 0 aliphatic carbocycles. The van der Waals surface area contributed by atoms with Gasteiger partial charge in [-0.25, -0.2) is 9.59 Å². The molecule has 1 aromatic heterocycles. The predicted molar refractivity (Wildman–Crippen MR) is 98.8 cm³/mol. The average molecular weight is 373 g/mol. The van der Waals surface area contributed by atoms with E-state index in [1.807, 2.05) is 0 Å². The Kier molecular flexibility index (Phi) is 5.48. The van der Waals surface area contributed by atoms with E-state index in [1.54, 1.807) is 23.1 Å². The number of rotatable bonds is 4. The van der Waals surface area contributed by atoms with Gasteiger partial charge in [0, 0.05) is 18.5 Å². The molecule has 3 rings (SSSR count). The fourth-order valence-electron chi connectivity index (χ4n) is 3.58. The van der Waals surface area contributed by atoms with E-state index >= 15 is 0 Å². The number of likely N-dealkylation sites (tertiary alicyclic amines) is 1. The summed E-state index contributed by atoms with van der Waals surface area (Å²) in [5.41, 5.74) is -0.817. The van der Waals surface area contributed by atoms with Crippen molar-refractivity contribution in [3.63, 3.8) is 0 Å². The Morgan fingerprint density at radius 2 is 1.93 bits per heavy atom. The van der Waals surface area contributed by atoms with Crippen LogP contribution < -0.4 is 10.4 Å². The summed E-state index contributed by atoms with van der Waals surface area (Å²) in [6, 6.07) is 6.46. The van der Waals surface area contributed by atoms with Gasteiger partial charge in [0.15, 0.2) is 17.9 Å². The van der Waals surface area contributed by atoms with E-state index in [-0.39, 0.29) is 17.1 Å². The van der Waals surface area contributed by atoms with Crippen LogP contribution in [0.25, 0.3) is 11.0 Å². The molecular weight excluding hydrogens is 350 g/mol. The maximum absolute atomic E-state index is 12.3. The monoisotopic (exact) mass is 373 g/mol. The number of fused-ring (bicyclic) bond motifs is 1. The van der Waals surface area contributed by atoms with E-state index in [2.05, 4.69) is 13.8 Å². The largest absolute Gasteiger partial charge is 0.493 e. The van der Waals surface area contributed by atoms with Gasteiger partial charge >= 0.3 is 11.6 Å². The Hall–Kier alpha value is -2.83. The highest BCUT2D eigenvalue weighted by Gasteiger charge is 2.26. The molecule has 7 heteroatoms. The number of piperidine rings is 1. The molecule has 0 saturated carbocycles. The SMILES string of the molecule is COc1cccc2cc(C(=O)OCC(=O)N3CC(C)CC(C)C3)c(=O)oc12. The molecule has 2 atom stereocenters. The molecule has 1 aliphatic rings. The molecule has 7 nitrogen and oxygen atoms in total. The molecule has 2 heterocycles. The van der Waals surface area contributed by atoms with Crippen LogP contribution in [-0.4, -0.2) is 43.6 Å². The van der Waals surface area contributed by atoms with E-state index < -0.39 is 18.2 Å². The fourth-order valence-corrected chi connectivity index (χ4v) is 3.58. The highest BCUT2D eigenvalue weighted by Crippen LogP contribution is 2.24. The molecule has 0 bridgehead atoms. The molecular formula is C20H23NO6. The number of ether oxygens (including phenoxy) is 2. The van der Waals surface area contributed by atoms with E-state index in [1.165, 1.54) is 13.2 Å². The Bertz CT molecular complexity index is 908. The topological polar surface area (TPSA) is 86.0 Å². The summed E-state index contributed by atoms with van der Waals surface area (Å²) in [5, 5.41) is 0.533. The number of esters is 1. The van der Waals surface area contributed by atoms with Gasteiger partial charge in [-0.05, 0) is 30.4 Å². The summed E-state index contributed by atoms with van der Waals surface area (Å²) < 4.78 is 15.4. The van der Waals surface area contributed by atoms with Crippen LogP contribution in [0.3, 0.4) is 0 Å². The zero-order valence-corrected chi connectivity index (χ0v) is 15.7. The van der Waals surface area contributed by atoms with Crippen molar-refractivity contribution in [2.75, 3.05) is 26.8 Å². The molecule has 1 aromatic carbocycles. The van der Waals surface area contributed by atoms with Crippen LogP contribution in [0.2, 0.25) is 0 Å². The maximum Gasteiger partial charge on any atom is 0.351 e. The number of hydrogen-bond donors (Lipinski definition) is 0. The number of para-hydroxylation sites is 1. The highest BCUT2D eigenvalue weighted by molar-refractivity contribution is 5.95. The minimum absolute atomic E-state index is 0.246. The lowest BCUT2D eigenvalue weighted by molar-refractivity contribution is -0.137. The first kappa shape index (κ1) is 18.9. The Morgan fingerprint density at radius 3 is 2.59 bits per heavy atom. The molecule has 1 amide bonds. The van der Waals surface area contributed by atoms with Crippen LogP contribution in [0, 0.1) is 11.8 Å². The Balaban J connectivity index is 1.72. The number of methoxy groups -OCH3 is 1. The minimum atomic E-state index is -0.875. The standard InChI is InChI=1S/C20H23NO6/c1-12-7-13(2)10-21(9-12)17(22)11-26-19(23)15-8-14-5-4-6-16(25-3)18(14)27-20(15)24/h4-6,8,12-13H,7,9-11H2,1-3H3. The lowest BCUT2D eigenvalue weighted by Crippen LogP contribution is -2.44. The van der Waals surface area contributed by atoms with E-state index in [4.69, 9.17) is 13.9 Å². The third-order valence-corrected chi connectivity index (χ3v) is 4.71. The lowest BCUT2D eigenvalue weighted by atomic mass is 9.92. The second-order valence-electron chi connectivity index (χ2n) is 7.15. The molecule has 1 fully saturated rings. The number of nitrogens with zero attached hydrogens (tertiary/aromatic N) is 1. The molecule has 144 valence electrons. The van der Waals surface area contributed by atoms with Gasteiger partial charge in [-0.1, -0.05) is 26.0 Å². The van der Waals surface area contributed by atoms with Crippen molar-refractivity contribution in [1.29, 1.82) is 0 Å². The number of carbonyl (C=O) groups excluding carboxylic acids is 2. The van der Waals surface area contributed by atoms with Gasteiger partial charge in [0.1, 0.15) is 5.56 Å². The van der Waals surface area contributed by atoms with E-state index in [0.717, 1.165) is 6.42 Å². The van der Waals surface area contributed by atoms with Gasteiger partial charge in [0.2, 0.25) is 0 Å². The van der Waals surface area contributed by atoms with Crippen LogP contribution in [0.15, 0.2) is 33.5 Å². The number of carbonyl (C=O) groups is 2. The molecule has 1 aliphatic heterocycles. The van der Waals surface area contributed by atoms with Crippen LogP contribution in [0.1, 0.15) is 30.6 Å². The summed E-state index contributed by atoms with van der Waals surface area (Å²) in [7, 11) is 1.46. The van der Waals surface area contributed by atoms with Gasteiger partial charge in [-0.3, -0.25) is 4.79 Å². The van der Waals surface area contributed by atoms with Gasteiger partial charge in [0.05, 0.1) is 7.11 Å². The summed E-state index contributed by atoms with van der Waals surface area (Å²) in [5.74, 6) is 0.0911. The van der Waals surface area contributed by atoms with Crippen molar-refractivity contribution >= 4 is 22.8 Å². The normalized spacial score (nSPS) is 19.7. The Morgan fingerprint density at radius 1 is 1.22 bits per heavy atom. The van der Waals surface area contributed by atoms with E-state index in [0.29, 0.717) is 36.1 Å². The predicted octanol–water partition coefficient (Wildman–Crippen LogP) is 2.46.